The number of hydrogen-bond acceptors (Lipinski definition) is 1. The molecule has 0 aromatic heterocycles. The topological polar surface area (TPSA) is 9.23 Å². The summed E-state index contributed by atoms with van der Waals surface area (Å²) in [5.41, 5.74) is 0.455. The minimum absolute atomic E-state index is 0.455. The van der Waals surface area contributed by atoms with Gasteiger partial charge in [0.05, 0.1) is 6.10 Å². The molecule has 1 saturated carbocycles. The van der Waals surface area contributed by atoms with Crippen molar-refractivity contribution in [2.75, 3.05) is 7.11 Å². The molecule has 1 heteroatoms. The summed E-state index contributed by atoms with van der Waals surface area (Å²) in [5.74, 6) is 1.59. The van der Waals surface area contributed by atoms with E-state index in [1.54, 1.807) is 0 Å². The first kappa shape index (κ1) is 11.0. The van der Waals surface area contributed by atoms with Crippen molar-refractivity contribution in [2.24, 2.45) is 17.3 Å². The fourth-order valence-corrected chi connectivity index (χ4v) is 2.40. The lowest BCUT2D eigenvalue weighted by Gasteiger charge is -2.40. The zero-order chi connectivity index (χ0) is 10.1. The summed E-state index contributed by atoms with van der Waals surface area (Å²) in [6.45, 7) is 9.36. The second-order valence-corrected chi connectivity index (χ2v) is 5.63. The highest BCUT2D eigenvalue weighted by molar-refractivity contribution is 4.84. The van der Waals surface area contributed by atoms with Gasteiger partial charge in [0.1, 0.15) is 0 Å². The van der Waals surface area contributed by atoms with Crippen molar-refractivity contribution >= 4 is 0 Å². The quantitative estimate of drug-likeness (QED) is 0.606. The maximum absolute atomic E-state index is 5.53. The molecule has 78 valence electrons. The molecule has 13 heavy (non-hydrogen) atoms. The Morgan fingerprint density at radius 1 is 1.15 bits per heavy atom. The summed E-state index contributed by atoms with van der Waals surface area (Å²) < 4.78 is 5.53. The van der Waals surface area contributed by atoms with Crippen LogP contribution in [0.15, 0.2) is 0 Å². The third kappa shape index (κ3) is 2.70. The summed E-state index contributed by atoms with van der Waals surface area (Å²) in [5, 5.41) is 0. The van der Waals surface area contributed by atoms with E-state index >= 15 is 0 Å². The molecular weight excluding hydrogens is 160 g/mol. The molecule has 0 amide bonds. The molecule has 0 aliphatic heterocycles. The average molecular weight is 184 g/mol. The Morgan fingerprint density at radius 3 is 2.23 bits per heavy atom. The van der Waals surface area contributed by atoms with Gasteiger partial charge in [0.25, 0.3) is 0 Å². The minimum atomic E-state index is 0.455. The average Bonchev–Trinajstić information content (AvgIpc) is 2.03. The molecule has 0 bridgehead atoms. The van der Waals surface area contributed by atoms with Crippen molar-refractivity contribution in [3.05, 3.63) is 0 Å². The van der Waals surface area contributed by atoms with Crippen LogP contribution in [-0.2, 0) is 4.74 Å². The van der Waals surface area contributed by atoms with Crippen LogP contribution in [-0.4, -0.2) is 13.2 Å². The first-order valence-electron chi connectivity index (χ1n) is 5.48. The second-order valence-electron chi connectivity index (χ2n) is 5.63. The van der Waals surface area contributed by atoms with Gasteiger partial charge in [0.2, 0.25) is 0 Å². The van der Waals surface area contributed by atoms with Crippen molar-refractivity contribution in [1.82, 2.24) is 0 Å². The van der Waals surface area contributed by atoms with Crippen molar-refractivity contribution in [3.8, 4) is 0 Å². The molecule has 0 aromatic carbocycles. The van der Waals surface area contributed by atoms with E-state index in [9.17, 15) is 0 Å². The van der Waals surface area contributed by atoms with Crippen molar-refractivity contribution in [1.29, 1.82) is 0 Å². The van der Waals surface area contributed by atoms with Crippen LogP contribution in [0.3, 0.4) is 0 Å². The molecule has 0 heterocycles. The normalized spacial score (nSPS) is 36.2. The van der Waals surface area contributed by atoms with Crippen LogP contribution in [0.1, 0.15) is 47.0 Å². The number of methoxy groups -OCH3 is 1. The Balaban J connectivity index is 2.55. The summed E-state index contributed by atoms with van der Waals surface area (Å²) in [4.78, 5) is 0. The van der Waals surface area contributed by atoms with E-state index in [1.807, 2.05) is 7.11 Å². The molecule has 1 nitrogen and oxygen atoms in total. The fourth-order valence-electron chi connectivity index (χ4n) is 2.40. The fraction of sp³-hybridized carbons (Fsp3) is 1.00. The SMILES string of the molecule is CO[C@@H]1CC(C(C)(C)C)CCC1C. The van der Waals surface area contributed by atoms with E-state index in [2.05, 4.69) is 27.7 Å². The third-order valence-electron chi connectivity index (χ3n) is 3.65. The van der Waals surface area contributed by atoms with Crippen LogP contribution in [0.4, 0.5) is 0 Å². The lowest BCUT2D eigenvalue weighted by molar-refractivity contribution is -0.0116. The third-order valence-corrected chi connectivity index (χ3v) is 3.65. The number of hydrogen-bond donors (Lipinski definition) is 0. The summed E-state index contributed by atoms with van der Waals surface area (Å²) in [6, 6.07) is 0. The Labute approximate surface area is 82.9 Å². The van der Waals surface area contributed by atoms with E-state index in [0.29, 0.717) is 11.5 Å². The van der Waals surface area contributed by atoms with Gasteiger partial charge in [-0.3, -0.25) is 0 Å². The standard InChI is InChI=1S/C12H24O/c1-9-6-7-10(12(2,3)4)8-11(9)13-5/h9-11H,6-8H2,1-5H3/t9?,10?,11-/m1/s1. The maximum Gasteiger partial charge on any atom is 0.0599 e. The van der Waals surface area contributed by atoms with Crippen LogP contribution in [0, 0.1) is 17.3 Å². The van der Waals surface area contributed by atoms with E-state index < -0.39 is 0 Å². The van der Waals surface area contributed by atoms with E-state index in [-0.39, 0.29) is 0 Å². The molecule has 3 atom stereocenters. The van der Waals surface area contributed by atoms with Gasteiger partial charge in [-0.1, -0.05) is 27.7 Å². The highest BCUT2D eigenvalue weighted by atomic mass is 16.5. The van der Waals surface area contributed by atoms with Crippen LogP contribution >= 0.6 is 0 Å². The lowest BCUT2D eigenvalue weighted by Crippen LogP contribution is -2.34. The molecule has 2 unspecified atom stereocenters. The predicted octanol–water partition coefficient (Wildman–Crippen LogP) is 3.48. The predicted molar refractivity (Wildman–Crippen MR) is 56.8 cm³/mol. The van der Waals surface area contributed by atoms with E-state index in [0.717, 1.165) is 11.8 Å². The van der Waals surface area contributed by atoms with Gasteiger partial charge in [-0.05, 0) is 36.5 Å². The van der Waals surface area contributed by atoms with Crippen LogP contribution < -0.4 is 0 Å². The second kappa shape index (κ2) is 4.00. The van der Waals surface area contributed by atoms with Gasteiger partial charge in [-0.2, -0.15) is 0 Å². The Bertz CT molecular complexity index is 157. The van der Waals surface area contributed by atoms with Gasteiger partial charge in [0.15, 0.2) is 0 Å². The highest BCUT2D eigenvalue weighted by Gasteiger charge is 2.33. The van der Waals surface area contributed by atoms with Gasteiger partial charge in [-0.25, -0.2) is 0 Å². The summed E-state index contributed by atoms with van der Waals surface area (Å²) in [7, 11) is 1.85. The molecule has 0 N–H and O–H groups in total. The van der Waals surface area contributed by atoms with Crippen LogP contribution in [0.25, 0.3) is 0 Å². The van der Waals surface area contributed by atoms with Gasteiger partial charge in [0, 0.05) is 7.11 Å². The Kier molecular flexibility index (Phi) is 3.39. The number of ether oxygens (including phenoxy) is 1. The minimum Gasteiger partial charge on any atom is -0.381 e. The molecule has 1 fully saturated rings. The summed E-state index contributed by atoms with van der Waals surface area (Å²) in [6.07, 6.45) is 4.46. The van der Waals surface area contributed by atoms with E-state index in [1.165, 1.54) is 19.3 Å². The molecule has 1 rings (SSSR count). The van der Waals surface area contributed by atoms with Gasteiger partial charge < -0.3 is 4.74 Å². The van der Waals surface area contributed by atoms with Crippen LogP contribution in [0.2, 0.25) is 0 Å². The molecule has 0 saturated heterocycles. The smallest absolute Gasteiger partial charge is 0.0599 e. The van der Waals surface area contributed by atoms with Crippen molar-refractivity contribution in [3.63, 3.8) is 0 Å². The first-order valence-corrected chi connectivity index (χ1v) is 5.48. The van der Waals surface area contributed by atoms with E-state index in [4.69, 9.17) is 4.74 Å². The molecule has 0 spiro atoms. The molecular formula is C12H24O. The molecule has 1 aliphatic rings. The van der Waals surface area contributed by atoms with Crippen molar-refractivity contribution in [2.45, 2.75) is 53.1 Å². The lowest BCUT2D eigenvalue weighted by atomic mass is 9.69. The maximum atomic E-state index is 5.53. The largest absolute Gasteiger partial charge is 0.381 e. The van der Waals surface area contributed by atoms with Gasteiger partial charge in [-0.15, -0.1) is 0 Å². The molecule has 1 aliphatic carbocycles. The number of rotatable bonds is 1. The van der Waals surface area contributed by atoms with Gasteiger partial charge >= 0.3 is 0 Å². The molecule has 0 aromatic rings. The summed E-state index contributed by atoms with van der Waals surface area (Å²) >= 11 is 0. The first-order chi connectivity index (χ1) is 5.95. The highest BCUT2D eigenvalue weighted by Crippen LogP contribution is 2.40. The zero-order valence-electron chi connectivity index (χ0n) is 9.76. The van der Waals surface area contributed by atoms with Crippen molar-refractivity contribution < 1.29 is 4.74 Å². The van der Waals surface area contributed by atoms with Crippen LogP contribution in [0.5, 0.6) is 0 Å². The zero-order valence-corrected chi connectivity index (χ0v) is 9.76. The Morgan fingerprint density at radius 2 is 1.77 bits per heavy atom. The Hall–Kier alpha value is -0.0400. The molecule has 0 radical (unpaired) electrons. The monoisotopic (exact) mass is 184 g/mol.